The second-order valence-corrected chi connectivity index (χ2v) is 22.4. The Morgan fingerprint density at radius 2 is 0.520 bits per heavy atom. The summed E-state index contributed by atoms with van der Waals surface area (Å²) in [5, 5.41) is 0. The zero-order valence-electron chi connectivity index (χ0n) is 50.3. The highest BCUT2D eigenvalue weighted by molar-refractivity contribution is 5.71. The topological polar surface area (TPSA) is 78.9 Å². The molecule has 0 saturated carbocycles. The summed E-state index contributed by atoms with van der Waals surface area (Å²) in [5.41, 5.74) is 0. The van der Waals surface area contributed by atoms with Gasteiger partial charge in [0.1, 0.15) is 13.2 Å². The molecule has 0 N–H and O–H groups in total. The Balaban J connectivity index is 4.30. The molecule has 0 radical (unpaired) electrons. The van der Waals surface area contributed by atoms with E-state index in [1.165, 1.54) is 231 Å². The first-order valence-electron chi connectivity index (χ1n) is 33.1. The SMILES string of the molecule is CC/C=C\C/C=C\C/C=C\C/C=C\CCCCCCCCCCCCC(=O)OCC(COC(=O)CCCCCCCCCCCCCCCCC)OC(=O)CCCCCCCCCCCCCCCCCCCCC. The molecular formula is C69H126O6. The van der Waals surface area contributed by atoms with Crippen LogP contribution < -0.4 is 0 Å². The Morgan fingerprint density at radius 1 is 0.280 bits per heavy atom. The Bertz CT molecular complexity index is 1300. The minimum atomic E-state index is -0.772. The number of hydrogen-bond acceptors (Lipinski definition) is 6. The van der Waals surface area contributed by atoms with Crippen LogP contribution in [0.15, 0.2) is 48.6 Å². The summed E-state index contributed by atoms with van der Waals surface area (Å²) in [7, 11) is 0. The van der Waals surface area contributed by atoms with Gasteiger partial charge in [0, 0.05) is 19.3 Å². The molecule has 0 heterocycles. The average Bonchev–Trinajstić information content (AvgIpc) is 3.41. The van der Waals surface area contributed by atoms with Crippen LogP contribution in [0.3, 0.4) is 0 Å². The van der Waals surface area contributed by atoms with E-state index in [9.17, 15) is 14.4 Å². The number of rotatable bonds is 61. The largest absolute Gasteiger partial charge is 0.462 e. The van der Waals surface area contributed by atoms with Gasteiger partial charge in [0.15, 0.2) is 6.10 Å². The molecule has 0 aromatic heterocycles. The minimum Gasteiger partial charge on any atom is -0.462 e. The molecule has 6 nitrogen and oxygen atoms in total. The summed E-state index contributed by atoms with van der Waals surface area (Å²) in [6.07, 6.45) is 79.7. The van der Waals surface area contributed by atoms with Crippen molar-refractivity contribution >= 4 is 17.9 Å². The third kappa shape index (κ3) is 62.1. The van der Waals surface area contributed by atoms with Gasteiger partial charge in [-0.15, -0.1) is 0 Å². The van der Waals surface area contributed by atoms with Crippen LogP contribution >= 0.6 is 0 Å². The van der Waals surface area contributed by atoms with E-state index in [0.717, 1.165) is 83.5 Å². The van der Waals surface area contributed by atoms with Gasteiger partial charge < -0.3 is 14.2 Å². The predicted molar refractivity (Wildman–Crippen MR) is 325 cm³/mol. The first kappa shape index (κ1) is 72.4. The Kier molecular flexibility index (Phi) is 61.7. The number of carbonyl (C=O) groups excluding carboxylic acids is 3. The summed E-state index contributed by atoms with van der Waals surface area (Å²) in [5.74, 6) is -0.846. The number of carbonyl (C=O) groups is 3. The lowest BCUT2D eigenvalue weighted by Gasteiger charge is -2.18. The Morgan fingerprint density at radius 3 is 0.813 bits per heavy atom. The lowest BCUT2D eigenvalue weighted by atomic mass is 10.0. The van der Waals surface area contributed by atoms with E-state index in [4.69, 9.17) is 14.2 Å². The fourth-order valence-corrected chi connectivity index (χ4v) is 9.91. The average molecular weight is 1050 g/mol. The summed E-state index contributed by atoms with van der Waals surface area (Å²) in [6, 6.07) is 0. The van der Waals surface area contributed by atoms with Gasteiger partial charge in [-0.2, -0.15) is 0 Å². The van der Waals surface area contributed by atoms with Crippen LogP contribution in [0, 0.1) is 0 Å². The zero-order valence-corrected chi connectivity index (χ0v) is 50.3. The van der Waals surface area contributed by atoms with Crippen LogP contribution in [-0.4, -0.2) is 37.2 Å². The van der Waals surface area contributed by atoms with Crippen molar-refractivity contribution in [1.82, 2.24) is 0 Å². The summed E-state index contributed by atoms with van der Waals surface area (Å²) < 4.78 is 17.0. The van der Waals surface area contributed by atoms with Crippen molar-refractivity contribution in [3.63, 3.8) is 0 Å². The second-order valence-electron chi connectivity index (χ2n) is 22.4. The fourth-order valence-electron chi connectivity index (χ4n) is 9.91. The summed E-state index contributed by atoms with van der Waals surface area (Å²) >= 11 is 0. The molecule has 0 bridgehead atoms. The maximum Gasteiger partial charge on any atom is 0.306 e. The van der Waals surface area contributed by atoms with Gasteiger partial charge in [0.25, 0.3) is 0 Å². The molecule has 0 aliphatic rings. The molecule has 0 amide bonds. The predicted octanol–water partition coefficient (Wildman–Crippen LogP) is 22.6. The van der Waals surface area contributed by atoms with Crippen molar-refractivity contribution in [1.29, 1.82) is 0 Å². The fraction of sp³-hybridized carbons (Fsp3) is 0.841. The molecule has 0 aromatic rings. The van der Waals surface area contributed by atoms with E-state index in [0.29, 0.717) is 19.3 Å². The molecule has 0 aliphatic heterocycles. The van der Waals surface area contributed by atoms with Gasteiger partial charge >= 0.3 is 17.9 Å². The third-order valence-corrected chi connectivity index (χ3v) is 14.8. The van der Waals surface area contributed by atoms with Gasteiger partial charge in [-0.25, -0.2) is 0 Å². The first-order valence-corrected chi connectivity index (χ1v) is 33.1. The maximum absolute atomic E-state index is 12.9. The van der Waals surface area contributed by atoms with E-state index in [2.05, 4.69) is 69.4 Å². The highest BCUT2D eigenvalue weighted by atomic mass is 16.6. The van der Waals surface area contributed by atoms with Gasteiger partial charge in [-0.1, -0.05) is 326 Å². The van der Waals surface area contributed by atoms with E-state index < -0.39 is 6.10 Å². The van der Waals surface area contributed by atoms with E-state index in [1.807, 2.05) is 0 Å². The van der Waals surface area contributed by atoms with Crippen LogP contribution in [0.2, 0.25) is 0 Å². The van der Waals surface area contributed by atoms with Crippen molar-refractivity contribution in [2.75, 3.05) is 13.2 Å². The van der Waals surface area contributed by atoms with Gasteiger partial charge in [-0.05, 0) is 57.8 Å². The van der Waals surface area contributed by atoms with Crippen LogP contribution in [-0.2, 0) is 28.6 Å². The first-order chi connectivity index (χ1) is 37.0. The molecule has 0 aromatic carbocycles. The van der Waals surface area contributed by atoms with Crippen LogP contribution in [0.4, 0.5) is 0 Å². The molecule has 75 heavy (non-hydrogen) atoms. The Labute approximate surface area is 467 Å². The number of hydrogen-bond donors (Lipinski definition) is 0. The van der Waals surface area contributed by atoms with Gasteiger partial charge in [0.2, 0.25) is 0 Å². The zero-order chi connectivity index (χ0) is 54.3. The number of esters is 3. The van der Waals surface area contributed by atoms with Crippen molar-refractivity contribution in [3.8, 4) is 0 Å². The summed E-state index contributed by atoms with van der Waals surface area (Å²) in [6.45, 7) is 6.59. The second kappa shape index (κ2) is 63.9. The molecular weight excluding hydrogens is 925 g/mol. The molecule has 1 atom stereocenters. The number of allylic oxidation sites excluding steroid dienone is 8. The van der Waals surface area contributed by atoms with Crippen molar-refractivity contribution in [3.05, 3.63) is 48.6 Å². The standard InChI is InChI=1S/C69H126O6/c1-4-7-10-13-16-19-22-25-28-30-32-33-34-35-37-38-41-44-47-50-53-56-59-62-68(71)74-65-66(64-73-67(70)61-58-55-52-49-46-43-40-27-24-21-18-15-12-9-6-3)75-69(72)63-60-57-54-51-48-45-42-39-36-31-29-26-23-20-17-14-11-8-5-2/h7,10,16,19,25,28,32-33,66H,4-6,8-9,11-15,17-18,20-24,26-27,29-31,34-65H2,1-3H3/b10-7-,19-16-,28-25-,33-32-. The van der Waals surface area contributed by atoms with Gasteiger partial charge in [0.05, 0.1) is 0 Å². The summed E-state index contributed by atoms with van der Waals surface area (Å²) in [4.78, 5) is 38.4. The number of ether oxygens (including phenoxy) is 3. The highest BCUT2D eigenvalue weighted by Gasteiger charge is 2.19. The lowest BCUT2D eigenvalue weighted by molar-refractivity contribution is -0.167. The molecule has 0 rings (SSSR count). The normalized spacial score (nSPS) is 12.3. The Hall–Kier alpha value is -2.63. The van der Waals surface area contributed by atoms with E-state index in [-0.39, 0.29) is 31.1 Å². The molecule has 6 heteroatoms. The van der Waals surface area contributed by atoms with Crippen molar-refractivity contribution < 1.29 is 28.6 Å². The van der Waals surface area contributed by atoms with Crippen LogP contribution in [0.1, 0.15) is 355 Å². The molecule has 0 spiro atoms. The van der Waals surface area contributed by atoms with Gasteiger partial charge in [-0.3, -0.25) is 14.4 Å². The monoisotopic (exact) mass is 1050 g/mol. The maximum atomic E-state index is 12.9. The molecule has 0 fully saturated rings. The smallest absolute Gasteiger partial charge is 0.306 e. The quantitative estimate of drug-likeness (QED) is 0.0261. The van der Waals surface area contributed by atoms with E-state index in [1.54, 1.807) is 0 Å². The molecule has 438 valence electrons. The number of unbranched alkanes of at least 4 members (excludes halogenated alkanes) is 42. The molecule has 0 saturated heterocycles. The third-order valence-electron chi connectivity index (χ3n) is 14.8. The minimum absolute atomic E-state index is 0.0684. The van der Waals surface area contributed by atoms with Crippen molar-refractivity contribution in [2.24, 2.45) is 0 Å². The molecule has 1 unspecified atom stereocenters. The lowest BCUT2D eigenvalue weighted by Crippen LogP contribution is -2.30. The molecule has 0 aliphatic carbocycles. The van der Waals surface area contributed by atoms with Crippen LogP contribution in [0.5, 0.6) is 0 Å². The highest BCUT2D eigenvalue weighted by Crippen LogP contribution is 2.18. The van der Waals surface area contributed by atoms with Crippen molar-refractivity contribution in [2.45, 2.75) is 361 Å². The van der Waals surface area contributed by atoms with Crippen LogP contribution in [0.25, 0.3) is 0 Å². The van der Waals surface area contributed by atoms with E-state index >= 15 is 0 Å².